The Morgan fingerprint density at radius 3 is 2.32 bits per heavy atom. The largest absolute Gasteiger partial charge is 0.497 e. The number of nitrogens with one attached hydrogen (secondary N) is 1. The molecule has 0 fully saturated rings. The number of sulfonamides is 1. The van der Waals surface area contributed by atoms with Gasteiger partial charge in [0.1, 0.15) is 23.1 Å². The molecule has 37 heavy (non-hydrogen) atoms. The molecular formula is C28H29NO7S. The van der Waals surface area contributed by atoms with Crippen LogP contribution in [0, 0.1) is 19.8 Å². The molecule has 4 aromatic rings. The van der Waals surface area contributed by atoms with Gasteiger partial charge in [0.15, 0.2) is 0 Å². The second kappa shape index (κ2) is 10.4. The van der Waals surface area contributed by atoms with Gasteiger partial charge in [-0.3, -0.25) is 0 Å². The first-order valence-corrected chi connectivity index (χ1v) is 13.4. The molecular weight excluding hydrogens is 494 g/mol. The summed E-state index contributed by atoms with van der Waals surface area (Å²) in [5.41, 5.74) is 1.11. The highest BCUT2D eigenvalue weighted by Crippen LogP contribution is 2.32. The van der Waals surface area contributed by atoms with E-state index in [0.29, 0.717) is 33.9 Å². The molecule has 8 nitrogen and oxygen atoms in total. The van der Waals surface area contributed by atoms with E-state index in [0.717, 1.165) is 5.56 Å². The van der Waals surface area contributed by atoms with Gasteiger partial charge < -0.3 is 13.9 Å². The Morgan fingerprint density at radius 2 is 1.68 bits per heavy atom. The number of ether oxygens (including phenoxy) is 2. The summed E-state index contributed by atoms with van der Waals surface area (Å²) >= 11 is 0. The number of benzene rings is 3. The van der Waals surface area contributed by atoms with Crippen LogP contribution >= 0.6 is 0 Å². The van der Waals surface area contributed by atoms with E-state index in [1.165, 1.54) is 19.2 Å². The molecule has 0 aliphatic rings. The zero-order chi connectivity index (χ0) is 26.9. The quantitative estimate of drug-likeness (QED) is 0.152. The van der Waals surface area contributed by atoms with Gasteiger partial charge in [-0.15, -0.1) is 0 Å². The molecule has 0 aliphatic heterocycles. The SMILES string of the molecule is CC[C@@H](C)[C@H](NS(=O)(=O)c1ccc(C)cc1)C(=O)Oc1ccc2c(oc(=O)c3cc(OC)ccc32)c1C. The summed E-state index contributed by atoms with van der Waals surface area (Å²) in [4.78, 5) is 26.0. The van der Waals surface area contributed by atoms with Gasteiger partial charge in [-0.1, -0.05) is 38.0 Å². The van der Waals surface area contributed by atoms with Crippen molar-refractivity contribution in [3.05, 3.63) is 76.1 Å². The predicted molar refractivity (Wildman–Crippen MR) is 142 cm³/mol. The van der Waals surface area contributed by atoms with Crippen molar-refractivity contribution in [3.63, 3.8) is 0 Å². The number of rotatable bonds is 8. The lowest BCUT2D eigenvalue weighted by Gasteiger charge is -2.23. The van der Waals surface area contributed by atoms with Crippen molar-refractivity contribution in [2.45, 2.75) is 45.1 Å². The van der Waals surface area contributed by atoms with Gasteiger partial charge in [-0.05, 0) is 62.2 Å². The van der Waals surface area contributed by atoms with E-state index in [1.807, 2.05) is 13.8 Å². The van der Waals surface area contributed by atoms with Crippen LogP contribution in [0.2, 0.25) is 0 Å². The lowest BCUT2D eigenvalue weighted by atomic mass is 10.0. The standard InChI is InChI=1S/C28H29NO7S/c1-6-17(3)25(29-37(32,33)20-10-7-16(2)8-11-20)28(31)35-24-14-13-22-21-12-9-19(34-5)15-23(21)27(30)36-26(22)18(24)4/h7-15,17,25,29H,6H2,1-5H3/t17-,25+/m1/s1. The van der Waals surface area contributed by atoms with Gasteiger partial charge in [-0.25, -0.2) is 18.0 Å². The van der Waals surface area contributed by atoms with Crippen molar-refractivity contribution in [1.29, 1.82) is 0 Å². The molecule has 0 radical (unpaired) electrons. The normalized spacial score (nSPS) is 13.4. The third-order valence-electron chi connectivity index (χ3n) is 6.58. The van der Waals surface area contributed by atoms with Gasteiger partial charge in [0.2, 0.25) is 10.0 Å². The first-order valence-electron chi connectivity index (χ1n) is 11.9. The Morgan fingerprint density at radius 1 is 1.00 bits per heavy atom. The molecule has 9 heteroatoms. The monoisotopic (exact) mass is 523 g/mol. The Balaban J connectivity index is 1.68. The molecule has 1 N–H and O–H groups in total. The topological polar surface area (TPSA) is 112 Å². The van der Waals surface area contributed by atoms with Crippen LogP contribution in [0.3, 0.4) is 0 Å². The van der Waals surface area contributed by atoms with E-state index >= 15 is 0 Å². The van der Waals surface area contributed by atoms with E-state index in [1.54, 1.807) is 56.3 Å². The summed E-state index contributed by atoms with van der Waals surface area (Å²) in [6.45, 7) is 7.17. The van der Waals surface area contributed by atoms with Crippen LogP contribution in [0.1, 0.15) is 31.4 Å². The van der Waals surface area contributed by atoms with E-state index in [4.69, 9.17) is 13.9 Å². The number of esters is 1. The first kappa shape index (κ1) is 26.4. The third kappa shape index (κ3) is 5.23. The average molecular weight is 524 g/mol. The molecule has 0 saturated heterocycles. The minimum absolute atomic E-state index is 0.0615. The van der Waals surface area contributed by atoms with Crippen molar-refractivity contribution in [3.8, 4) is 11.5 Å². The predicted octanol–water partition coefficient (Wildman–Crippen LogP) is 4.87. The molecule has 4 rings (SSSR count). The lowest BCUT2D eigenvalue weighted by molar-refractivity contribution is -0.137. The maximum absolute atomic E-state index is 13.3. The van der Waals surface area contributed by atoms with Crippen molar-refractivity contribution < 1.29 is 27.1 Å². The summed E-state index contributed by atoms with van der Waals surface area (Å²) in [6, 6.07) is 13.7. The molecule has 2 atom stereocenters. The number of hydrogen-bond donors (Lipinski definition) is 1. The highest BCUT2D eigenvalue weighted by molar-refractivity contribution is 7.89. The molecule has 1 heterocycles. The van der Waals surface area contributed by atoms with E-state index in [9.17, 15) is 18.0 Å². The molecule has 3 aromatic carbocycles. The molecule has 0 amide bonds. The summed E-state index contributed by atoms with van der Waals surface area (Å²) in [6.07, 6.45) is 0.539. The second-order valence-corrected chi connectivity index (χ2v) is 10.8. The zero-order valence-corrected chi connectivity index (χ0v) is 22.1. The molecule has 0 saturated carbocycles. The number of aryl methyl sites for hydroxylation is 2. The number of carbonyl (C=O) groups is 1. The number of hydrogen-bond acceptors (Lipinski definition) is 7. The Bertz CT molecular complexity index is 1640. The van der Waals surface area contributed by atoms with Crippen LogP contribution in [-0.4, -0.2) is 27.5 Å². The van der Waals surface area contributed by atoms with Crippen molar-refractivity contribution in [2.24, 2.45) is 5.92 Å². The minimum Gasteiger partial charge on any atom is -0.497 e. The first-order chi connectivity index (χ1) is 17.6. The van der Waals surface area contributed by atoms with Crippen LogP contribution in [-0.2, 0) is 14.8 Å². The van der Waals surface area contributed by atoms with Gasteiger partial charge in [0.25, 0.3) is 0 Å². The van der Waals surface area contributed by atoms with Crippen LogP contribution in [0.15, 0.2) is 68.7 Å². The fraction of sp³-hybridized carbons (Fsp3) is 0.286. The summed E-state index contributed by atoms with van der Waals surface area (Å²) in [7, 11) is -2.45. The molecule has 0 unspecified atom stereocenters. The lowest BCUT2D eigenvalue weighted by Crippen LogP contribution is -2.47. The number of methoxy groups -OCH3 is 1. The fourth-order valence-corrected chi connectivity index (χ4v) is 5.38. The highest BCUT2D eigenvalue weighted by atomic mass is 32.2. The van der Waals surface area contributed by atoms with Crippen molar-refractivity contribution in [1.82, 2.24) is 4.72 Å². The second-order valence-electron chi connectivity index (χ2n) is 9.09. The summed E-state index contributed by atoms with van der Waals surface area (Å²) < 4.78 is 45.0. The Kier molecular flexibility index (Phi) is 7.38. The van der Waals surface area contributed by atoms with Crippen LogP contribution in [0.25, 0.3) is 21.7 Å². The molecule has 0 spiro atoms. The van der Waals surface area contributed by atoms with Crippen molar-refractivity contribution in [2.75, 3.05) is 7.11 Å². The van der Waals surface area contributed by atoms with Gasteiger partial charge in [0.05, 0.1) is 17.4 Å². The van der Waals surface area contributed by atoms with Crippen LogP contribution in [0.4, 0.5) is 0 Å². The van der Waals surface area contributed by atoms with Crippen molar-refractivity contribution >= 4 is 37.7 Å². The van der Waals surface area contributed by atoms with E-state index in [2.05, 4.69) is 4.72 Å². The Hall–Kier alpha value is -3.69. The highest BCUT2D eigenvalue weighted by Gasteiger charge is 2.32. The molecule has 194 valence electrons. The maximum atomic E-state index is 13.3. The minimum atomic E-state index is -3.97. The molecule has 1 aromatic heterocycles. The van der Waals surface area contributed by atoms with Crippen LogP contribution in [0.5, 0.6) is 11.5 Å². The van der Waals surface area contributed by atoms with E-state index in [-0.39, 0.29) is 22.1 Å². The molecule has 0 aliphatic carbocycles. The molecule has 0 bridgehead atoms. The van der Waals surface area contributed by atoms with Gasteiger partial charge >= 0.3 is 11.6 Å². The average Bonchev–Trinajstić information content (AvgIpc) is 2.89. The number of carbonyl (C=O) groups excluding carboxylic acids is 1. The zero-order valence-electron chi connectivity index (χ0n) is 21.3. The van der Waals surface area contributed by atoms with E-state index < -0.39 is 27.7 Å². The smallest absolute Gasteiger partial charge is 0.344 e. The fourth-order valence-electron chi connectivity index (χ4n) is 4.09. The maximum Gasteiger partial charge on any atom is 0.344 e. The summed E-state index contributed by atoms with van der Waals surface area (Å²) in [5.74, 6) is -0.382. The third-order valence-corrected chi connectivity index (χ3v) is 8.04. The van der Waals surface area contributed by atoms with Crippen LogP contribution < -0.4 is 19.8 Å². The summed E-state index contributed by atoms with van der Waals surface area (Å²) in [5, 5.41) is 1.72. The Labute approximate surface area is 215 Å². The number of fused-ring (bicyclic) bond motifs is 3. The van der Waals surface area contributed by atoms with Gasteiger partial charge in [-0.2, -0.15) is 4.72 Å². The van der Waals surface area contributed by atoms with Gasteiger partial charge in [0, 0.05) is 16.3 Å².